The predicted octanol–water partition coefficient (Wildman–Crippen LogP) is 2.46. The van der Waals surface area contributed by atoms with Crippen LogP contribution in [0.3, 0.4) is 0 Å². The van der Waals surface area contributed by atoms with Gasteiger partial charge in [-0.3, -0.25) is 4.98 Å². The van der Waals surface area contributed by atoms with Gasteiger partial charge in [0.1, 0.15) is 0 Å². The number of hydrogen-bond acceptors (Lipinski definition) is 4. The van der Waals surface area contributed by atoms with Crippen LogP contribution in [0, 0.1) is 6.92 Å². The van der Waals surface area contributed by atoms with Crippen molar-refractivity contribution in [3.8, 4) is 0 Å². The zero-order chi connectivity index (χ0) is 15.3. The smallest absolute Gasteiger partial charge is 0.264 e. The van der Waals surface area contributed by atoms with Crippen molar-refractivity contribution in [3.63, 3.8) is 0 Å². The molecule has 21 heavy (non-hydrogen) atoms. The first-order valence-corrected chi connectivity index (χ1v) is 7.99. The molecule has 0 aliphatic carbocycles. The number of pyridine rings is 1. The van der Waals surface area contributed by atoms with E-state index < -0.39 is 10.0 Å². The van der Waals surface area contributed by atoms with Gasteiger partial charge in [-0.05, 0) is 30.7 Å². The Bertz CT molecular complexity index is 710. The first-order valence-electron chi connectivity index (χ1n) is 6.50. The molecule has 0 fully saturated rings. The van der Waals surface area contributed by atoms with E-state index in [0.29, 0.717) is 0 Å². The first kappa shape index (κ1) is 15.2. The van der Waals surface area contributed by atoms with Crippen molar-refractivity contribution in [2.24, 2.45) is 5.10 Å². The van der Waals surface area contributed by atoms with Crippen molar-refractivity contribution < 1.29 is 8.42 Å². The average Bonchev–Trinajstić information content (AvgIpc) is 2.48. The van der Waals surface area contributed by atoms with Crippen LogP contribution < -0.4 is 4.83 Å². The third-order valence-corrected chi connectivity index (χ3v) is 4.25. The van der Waals surface area contributed by atoms with Gasteiger partial charge in [0.25, 0.3) is 10.0 Å². The predicted molar refractivity (Wildman–Crippen MR) is 82.6 cm³/mol. The molecule has 1 aromatic carbocycles. The van der Waals surface area contributed by atoms with Crippen molar-refractivity contribution in [3.05, 3.63) is 59.9 Å². The Balaban J connectivity index is 2.05. The molecule has 5 nitrogen and oxygen atoms in total. The van der Waals surface area contributed by atoms with Gasteiger partial charge in [-0.2, -0.15) is 13.5 Å². The molecule has 0 spiro atoms. The van der Waals surface area contributed by atoms with E-state index in [1.165, 1.54) is 0 Å². The maximum atomic E-state index is 12.0. The highest BCUT2D eigenvalue weighted by molar-refractivity contribution is 7.89. The van der Waals surface area contributed by atoms with E-state index in [-0.39, 0.29) is 10.8 Å². The van der Waals surface area contributed by atoms with Crippen LogP contribution in [0.2, 0.25) is 0 Å². The molecule has 110 valence electrons. The SMILES string of the molecule is Cc1ccc(S(=O)(=O)N/N=C\[C@H](C)c2cccnc2)cc1. The Morgan fingerprint density at radius 1 is 1.24 bits per heavy atom. The average molecular weight is 303 g/mol. The molecule has 0 unspecified atom stereocenters. The van der Waals surface area contributed by atoms with E-state index in [1.807, 2.05) is 26.0 Å². The van der Waals surface area contributed by atoms with Crippen LogP contribution in [-0.2, 0) is 10.0 Å². The van der Waals surface area contributed by atoms with Crippen molar-refractivity contribution in [2.45, 2.75) is 24.7 Å². The summed E-state index contributed by atoms with van der Waals surface area (Å²) in [6.45, 7) is 3.82. The minimum atomic E-state index is -3.62. The van der Waals surface area contributed by atoms with E-state index in [9.17, 15) is 8.42 Å². The quantitative estimate of drug-likeness (QED) is 0.681. The molecular weight excluding hydrogens is 286 g/mol. The standard InChI is InChI=1S/C15H17N3O2S/c1-12-5-7-15(8-6-12)21(19,20)18-17-10-13(2)14-4-3-9-16-11-14/h3-11,13,18H,1-2H3/b17-10-/t13-/m0/s1. The van der Waals surface area contributed by atoms with Crippen LogP contribution in [0.5, 0.6) is 0 Å². The maximum absolute atomic E-state index is 12.0. The molecule has 0 saturated heterocycles. The number of benzene rings is 1. The summed E-state index contributed by atoms with van der Waals surface area (Å²) < 4.78 is 24.0. The van der Waals surface area contributed by atoms with E-state index in [4.69, 9.17) is 0 Å². The Labute approximate surface area is 124 Å². The molecule has 1 heterocycles. The molecule has 2 rings (SSSR count). The summed E-state index contributed by atoms with van der Waals surface area (Å²) in [5, 5.41) is 3.83. The lowest BCUT2D eigenvalue weighted by Gasteiger charge is -2.06. The molecule has 0 radical (unpaired) electrons. The van der Waals surface area contributed by atoms with Gasteiger partial charge in [-0.15, -0.1) is 0 Å². The maximum Gasteiger partial charge on any atom is 0.276 e. The number of aromatic nitrogens is 1. The fraction of sp³-hybridized carbons (Fsp3) is 0.200. The molecule has 2 aromatic rings. The fourth-order valence-electron chi connectivity index (χ4n) is 1.71. The second kappa shape index (κ2) is 6.49. The second-order valence-electron chi connectivity index (χ2n) is 4.76. The van der Waals surface area contributed by atoms with Gasteiger partial charge in [0, 0.05) is 24.5 Å². The van der Waals surface area contributed by atoms with E-state index in [0.717, 1.165) is 11.1 Å². The zero-order valence-electron chi connectivity index (χ0n) is 11.9. The van der Waals surface area contributed by atoms with E-state index in [2.05, 4.69) is 14.9 Å². The Morgan fingerprint density at radius 2 is 1.95 bits per heavy atom. The van der Waals surface area contributed by atoms with Crippen molar-refractivity contribution in [1.82, 2.24) is 9.82 Å². The molecule has 0 aliphatic rings. The van der Waals surface area contributed by atoms with Gasteiger partial charge in [-0.25, -0.2) is 4.83 Å². The molecule has 0 aliphatic heterocycles. The summed E-state index contributed by atoms with van der Waals surface area (Å²) in [6, 6.07) is 10.3. The highest BCUT2D eigenvalue weighted by Crippen LogP contribution is 2.12. The number of hydrazone groups is 1. The van der Waals surface area contributed by atoms with Gasteiger partial charge in [0.2, 0.25) is 0 Å². The minimum absolute atomic E-state index is 0.0283. The molecule has 0 amide bonds. The third-order valence-electron chi connectivity index (χ3n) is 3.01. The fourth-order valence-corrected chi connectivity index (χ4v) is 2.51. The zero-order valence-corrected chi connectivity index (χ0v) is 12.7. The molecule has 0 saturated carbocycles. The van der Waals surface area contributed by atoms with Crippen LogP contribution in [0.15, 0.2) is 58.8 Å². The number of nitrogens with zero attached hydrogens (tertiary/aromatic N) is 2. The summed E-state index contributed by atoms with van der Waals surface area (Å²) in [5.41, 5.74) is 1.97. The van der Waals surface area contributed by atoms with Crippen molar-refractivity contribution in [2.75, 3.05) is 0 Å². The third kappa shape index (κ3) is 4.13. The monoisotopic (exact) mass is 303 g/mol. The lowest BCUT2D eigenvalue weighted by molar-refractivity contribution is 0.584. The highest BCUT2D eigenvalue weighted by atomic mass is 32.2. The largest absolute Gasteiger partial charge is 0.276 e. The van der Waals surface area contributed by atoms with E-state index in [1.54, 1.807) is 42.9 Å². The summed E-state index contributed by atoms with van der Waals surface area (Å²) >= 11 is 0. The van der Waals surface area contributed by atoms with Crippen molar-refractivity contribution in [1.29, 1.82) is 0 Å². The number of aryl methyl sites for hydroxylation is 1. The minimum Gasteiger partial charge on any atom is -0.264 e. The molecule has 1 aromatic heterocycles. The van der Waals surface area contributed by atoms with E-state index >= 15 is 0 Å². The van der Waals surface area contributed by atoms with Gasteiger partial charge in [0.05, 0.1) is 4.90 Å². The second-order valence-corrected chi connectivity index (χ2v) is 6.42. The highest BCUT2D eigenvalue weighted by Gasteiger charge is 2.12. The van der Waals surface area contributed by atoms with Crippen LogP contribution >= 0.6 is 0 Å². The molecule has 6 heteroatoms. The van der Waals surface area contributed by atoms with Crippen LogP contribution in [-0.4, -0.2) is 19.6 Å². The number of rotatable bonds is 5. The Hall–Kier alpha value is -2.21. The molecule has 1 atom stereocenters. The summed E-state index contributed by atoms with van der Waals surface area (Å²) in [7, 11) is -3.62. The van der Waals surface area contributed by atoms with Crippen molar-refractivity contribution >= 4 is 16.2 Å². The number of sulfonamides is 1. The summed E-state index contributed by atoms with van der Waals surface area (Å²) in [5.74, 6) is -0.0283. The topological polar surface area (TPSA) is 71.4 Å². The number of hydrogen-bond donors (Lipinski definition) is 1. The van der Waals surface area contributed by atoms with Gasteiger partial charge < -0.3 is 0 Å². The van der Waals surface area contributed by atoms with Gasteiger partial charge >= 0.3 is 0 Å². The Morgan fingerprint density at radius 3 is 2.57 bits per heavy atom. The normalized spacial score (nSPS) is 13.2. The van der Waals surface area contributed by atoms with Crippen LogP contribution in [0.1, 0.15) is 24.0 Å². The molecule has 0 bridgehead atoms. The lowest BCUT2D eigenvalue weighted by Crippen LogP contribution is -2.18. The van der Waals surface area contributed by atoms with Crippen LogP contribution in [0.25, 0.3) is 0 Å². The van der Waals surface area contributed by atoms with Gasteiger partial charge in [0.15, 0.2) is 0 Å². The number of nitrogens with one attached hydrogen (secondary N) is 1. The van der Waals surface area contributed by atoms with Crippen LogP contribution in [0.4, 0.5) is 0 Å². The van der Waals surface area contributed by atoms with Gasteiger partial charge in [-0.1, -0.05) is 30.7 Å². The first-order chi connectivity index (χ1) is 9.99. The summed E-state index contributed by atoms with van der Waals surface area (Å²) in [6.07, 6.45) is 4.96. The molecular formula is C15H17N3O2S. The lowest BCUT2D eigenvalue weighted by atomic mass is 10.1. The Kier molecular flexibility index (Phi) is 4.70. The summed E-state index contributed by atoms with van der Waals surface area (Å²) in [4.78, 5) is 6.43. The molecule has 1 N–H and O–H groups in total.